The lowest BCUT2D eigenvalue weighted by molar-refractivity contribution is -0.128. The van der Waals surface area contributed by atoms with Gasteiger partial charge in [-0.2, -0.15) is 4.98 Å². The molecule has 6 nitrogen and oxygen atoms in total. The predicted octanol–water partition coefficient (Wildman–Crippen LogP) is 4.40. The minimum absolute atomic E-state index is 0.168. The van der Waals surface area contributed by atoms with E-state index in [-0.39, 0.29) is 12.5 Å². The molecular weight excluding hydrogens is 378 g/mol. The van der Waals surface area contributed by atoms with E-state index in [1.54, 1.807) is 0 Å². The Morgan fingerprint density at radius 1 is 1.17 bits per heavy atom. The summed E-state index contributed by atoms with van der Waals surface area (Å²) in [6.45, 7) is 4.10. The van der Waals surface area contributed by atoms with Crippen molar-refractivity contribution in [3.05, 3.63) is 65.0 Å². The molecule has 3 aromatic rings. The molecular formula is C24H27N3O3. The molecule has 0 saturated heterocycles. The molecule has 6 heteroatoms. The highest BCUT2D eigenvalue weighted by atomic mass is 16.5. The Kier molecular flexibility index (Phi) is 6.12. The highest BCUT2D eigenvalue weighted by molar-refractivity contribution is 5.81. The van der Waals surface area contributed by atoms with Crippen LogP contribution in [0.5, 0.6) is 5.75 Å². The topological polar surface area (TPSA) is 77.2 Å². The van der Waals surface area contributed by atoms with E-state index in [1.165, 1.54) is 24.0 Å². The standard InChI is InChI=1S/C24H27N3O3/c1-3-21(29-19-13-12-17-9-5-6-10-18(17)14-19)24(28)25-15-22-26-23(27-30-22)20-11-7-4-8-16(20)2/h4,7-8,11-14,21H,3,5-6,9-10,15H2,1-2H3,(H,25,28)/t21-/m0/s1. The number of amides is 1. The van der Waals surface area contributed by atoms with Gasteiger partial charge >= 0.3 is 0 Å². The number of fused-ring (bicyclic) bond motifs is 1. The zero-order valence-corrected chi connectivity index (χ0v) is 17.5. The molecule has 0 radical (unpaired) electrons. The van der Waals surface area contributed by atoms with Crippen LogP contribution in [0.1, 0.15) is 48.8 Å². The Hall–Kier alpha value is -3.15. The summed E-state index contributed by atoms with van der Waals surface area (Å²) in [6, 6.07) is 14.0. The summed E-state index contributed by atoms with van der Waals surface area (Å²) in [4.78, 5) is 17.0. The van der Waals surface area contributed by atoms with Gasteiger partial charge in [0, 0.05) is 5.56 Å². The van der Waals surface area contributed by atoms with E-state index < -0.39 is 6.10 Å². The number of aryl methyl sites for hydroxylation is 3. The Labute approximate surface area is 176 Å². The van der Waals surface area contributed by atoms with Crippen LogP contribution in [0.3, 0.4) is 0 Å². The Bertz CT molecular complexity index is 1030. The first-order chi connectivity index (χ1) is 14.6. The summed E-state index contributed by atoms with van der Waals surface area (Å²) in [5.41, 5.74) is 4.72. The maximum atomic E-state index is 12.6. The number of nitrogens with zero attached hydrogens (tertiary/aromatic N) is 2. The quantitative estimate of drug-likeness (QED) is 0.630. The normalized spacial score (nSPS) is 14.1. The molecule has 1 aromatic heterocycles. The van der Waals surface area contributed by atoms with E-state index in [4.69, 9.17) is 9.26 Å². The number of nitrogens with one attached hydrogen (secondary N) is 1. The Morgan fingerprint density at radius 2 is 1.97 bits per heavy atom. The maximum Gasteiger partial charge on any atom is 0.261 e. The molecule has 2 aromatic carbocycles. The van der Waals surface area contributed by atoms with E-state index in [0.29, 0.717) is 18.1 Å². The molecule has 0 aliphatic heterocycles. The summed E-state index contributed by atoms with van der Waals surface area (Å²) >= 11 is 0. The van der Waals surface area contributed by atoms with Crippen molar-refractivity contribution in [3.63, 3.8) is 0 Å². The van der Waals surface area contributed by atoms with Gasteiger partial charge in [0.05, 0.1) is 6.54 Å². The molecule has 30 heavy (non-hydrogen) atoms. The fourth-order valence-corrected chi connectivity index (χ4v) is 3.81. The predicted molar refractivity (Wildman–Crippen MR) is 114 cm³/mol. The second kappa shape index (κ2) is 9.11. The second-order valence-corrected chi connectivity index (χ2v) is 7.70. The minimum atomic E-state index is -0.564. The third kappa shape index (κ3) is 4.53. The molecule has 156 valence electrons. The van der Waals surface area contributed by atoms with Gasteiger partial charge in [-0.05, 0) is 67.9 Å². The van der Waals surface area contributed by atoms with Crippen LogP contribution in [0, 0.1) is 6.92 Å². The number of benzene rings is 2. The fraction of sp³-hybridized carbons (Fsp3) is 0.375. The van der Waals surface area contributed by atoms with Crippen molar-refractivity contribution in [1.82, 2.24) is 15.5 Å². The first-order valence-corrected chi connectivity index (χ1v) is 10.6. The van der Waals surface area contributed by atoms with Gasteiger partial charge in [-0.25, -0.2) is 0 Å². The van der Waals surface area contributed by atoms with Crippen LogP contribution >= 0.6 is 0 Å². The average Bonchev–Trinajstić information content (AvgIpc) is 3.25. The van der Waals surface area contributed by atoms with Crippen molar-refractivity contribution in [1.29, 1.82) is 0 Å². The summed E-state index contributed by atoms with van der Waals surface area (Å²) < 4.78 is 11.3. The molecule has 4 rings (SSSR count). The maximum absolute atomic E-state index is 12.6. The lowest BCUT2D eigenvalue weighted by atomic mass is 9.92. The van der Waals surface area contributed by atoms with E-state index in [2.05, 4.69) is 27.6 Å². The van der Waals surface area contributed by atoms with E-state index in [1.807, 2.05) is 44.2 Å². The molecule has 1 amide bonds. The van der Waals surface area contributed by atoms with Crippen molar-refractivity contribution in [2.24, 2.45) is 0 Å². The molecule has 1 heterocycles. The largest absolute Gasteiger partial charge is 0.481 e. The summed E-state index contributed by atoms with van der Waals surface area (Å²) in [6.07, 6.45) is 4.67. The van der Waals surface area contributed by atoms with E-state index in [9.17, 15) is 4.79 Å². The lowest BCUT2D eigenvalue weighted by Gasteiger charge is -2.20. The highest BCUT2D eigenvalue weighted by Gasteiger charge is 2.20. The molecule has 0 spiro atoms. The monoisotopic (exact) mass is 405 g/mol. The Balaban J connectivity index is 1.36. The van der Waals surface area contributed by atoms with Crippen LogP contribution in [0.2, 0.25) is 0 Å². The van der Waals surface area contributed by atoms with Crippen LogP contribution < -0.4 is 10.1 Å². The van der Waals surface area contributed by atoms with E-state index >= 15 is 0 Å². The number of hydrogen-bond acceptors (Lipinski definition) is 5. The molecule has 0 bridgehead atoms. The van der Waals surface area contributed by atoms with Gasteiger partial charge in [0.25, 0.3) is 5.91 Å². The number of carbonyl (C=O) groups excluding carboxylic acids is 1. The van der Waals surface area contributed by atoms with Crippen LogP contribution in [0.25, 0.3) is 11.4 Å². The number of rotatable bonds is 7. The van der Waals surface area contributed by atoms with Crippen molar-refractivity contribution in [2.45, 2.75) is 58.6 Å². The smallest absolute Gasteiger partial charge is 0.261 e. The number of ether oxygens (including phenoxy) is 1. The van der Waals surface area contributed by atoms with Gasteiger partial charge in [0.2, 0.25) is 11.7 Å². The van der Waals surface area contributed by atoms with Crippen molar-refractivity contribution in [3.8, 4) is 17.1 Å². The van der Waals surface area contributed by atoms with Crippen molar-refractivity contribution in [2.75, 3.05) is 0 Å². The van der Waals surface area contributed by atoms with E-state index in [0.717, 1.165) is 29.7 Å². The second-order valence-electron chi connectivity index (χ2n) is 7.70. The van der Waals surface area contributed by atoms with Crippen LogP contribution in [-0.2, 0) is 24.2 Å². The number of carbonyl (C=O) groups is 1. The van der Waals surface area contributed by atoms with Crippen molar-refractivity contribution < 1.29 is 14.1 Å². The van der Waals surface area contributed by atoms with Gasteiger partial charge < -0.3 is 14.6 Å². The SMILES string of the molecule is CC[C@H](Oc1ccc2c(c1)CCCC2)C(=O)NCc1nc(-c2ccccc2C)no1. The Morgan fingerprint density at radius 3 is 2.77 bits per heavy atom. The number of hydrogen-bond donors (Lipinski definition) is 1. The molecule has 0 unspecified atom stereocenters. The molecule has 1 N–H and O–H groups in total. The van der Waals surface area contributed by atoms with Crippen molar-refractivity contribution >= 4 is 5.91 Å². The first-order valence-electron chi connectivity index (χ1n) is 10.6. The molecule has 0 saturated carbocycles. The summed E-state index contributed by atoms with van der Waals surface area (Å²) in [7, 11) is 0. The summed E-state index contributed by atoms with van der Waals surface area (Å²) in [5, 5.41) is 6.88. The average molecular weight is 405 g/mol. The third-order valence-electron chi connectivity index (χ3n) is 5.53. The molecule has 1 atom stereocenters. The lowest BCUT2D eigenvalue weighted by Crippen LogP contribution is -2.37. The molecule has 1 aliphatic carbocycles. The van der Waals surface area contributed by atoms with Crippen LogP contribution in [-0.4, -0.2) is 22.2 Å². The molecule has 0 fully saturated rings. The number of aromatic nitrogens is 2. The summed E-state index contributed by atoms with van der Waals surface area (Å²) in [5.74, 6) is 1.45. The molecule has 1 aliphatic rings. The van der Waals surface area contributed by atoms with Crippen LogP contribution in [0.4, 0.5) is 0 Å². The first kappa shape index (κ1) is 20.1. The van der Waals surface area contributed by atoms with Crippen LogP contribution in [0.15, 0.2) is 47.0 Å². The van der Waals surface area contributed by atoms with Gasteiger partial charge in [-0.1, -0.05) is 42.4 Å². The zero-order chi connectivity index (χ0) is 20.9. The fourth-order valence-electron chi connectivity index (χ4n) is 3.81. The zero-order valence-electron chi connectivity index (χ0n) is 17.5. The van der Waals surface area contributed by atoms with Gasteiger partial charge in [0.15, 0.2) is 6.10 Å². The van der Waals surface area contributed by atoms with Gasteiger partial charge in [-0.15, -0.1) is 0 Å². The van der Waals surface area contributed by atoms with Gasteiger partial charge in [0.1, 0.15) is 5.75 Å². The highest BCUT2D eigenvalue weighted by Crippen LogP contribution is 2.26. The third-order valence-corrected chi connectivity index (χ3v) is 5.53. The van der Waals surface area contributed by atoms with Gasteiger partial charge in [-0.3, -0.25) is 4.79 Å². The minimum Gasteiger partial charge on any atom is -0.481 e.